The summed E-state index contributed by atoms with van der Waals surface area (Å²) >= 11 is 7.47. The molecule has 1 fully saturated rings. The van der Waals surface area contributed by atoms with E-state index in [0.29, 0.717) is 15.5 Å². The highest BCUT2D eigenvalue weighted by Crippen LogP contribution is 2.35. The fourth-order valence-corrected chi connectivity index (χ4v) is 4.44. The maximum Gasteiger partial charge on any atom is 0.205 e. The fourth-order valence-electron chi connectivity index (χ4n) is 3.21. The highest BCUT2D eigenvalue weighted by atomic mass is 35.5. The van der Waals surface area contributed by atoms with Crippen molar-refractivity contribution in [2.24, 2.45) is 0 Å². The average molecular weight is 383 g/mol. The Bertz CT molecular complexity index is 900. The lowest BCUT2D eigenvalue weighted by Crippen LogP contribution is -2.29. The van der Waals surface area contributed by atoms with Crippen molar-refractivity contribution in [3.8, 4) is 11.3 Å². The Kier molecular flexibility index (Phi) is 5.05. The van der Waals surface area contributed by atoms with Gasteiger partial charge in [-0.15, -0.1) is 0 Å². The molecule has 0 unspecified atom stereocenters. The topological polar surface area (TPSA) is 33.2 Å². The smallest absolute Gasteiger partial charge is 0.205 e. The first-order chi connectivity index (χ1) is 12.7. The molecule has 1 aliphatic heterocycles. The number of benzene rings is 2. The number of carbonyl (C=O) groups is 1. The van der Waals surface area contributed by atoms with Crippen molar-refractivity contribution < 1.29 is 4.79 Å². The molecule has 0 atom stereocenters. The number of hydrogen-bond acceptors (Lipinski definition) is 4. The molecule has 26 heavy (non-hydrogen) atoms. The second-order valence-corrected chi connectivity index (χ2v) is 7.84. The van der Waals surface area contributed by atoms with Crippen LogP contribution in [-0.4, -0.2) is 23.9 Å². The minimum atomic E-state index is 0.00118. The number of nitrogens with zero attached hydrogens (tertiary/aromatic N) is 2. The van der Waals surface area contributed by atoms with E-state index in [0.717, 1.165) is 29.5 Å². The molecule has 0 saturated carbocycles. The van der Waals surface area contributed by atoms with Crippen molar-refractivity contribution in [2.45, 2.75) is 19.3 Å². The van der Waals surface area contributed by atoms with Crippen LogP contribution in [0.25, 0.3) is 11.3 Å². The Morgan fingerprint density at radius 1 is 0.962 bits per heavy atom. The van der Waals surface area contributed by atoms with E-state index < -0.39 is 0 Å². The van der Waals surface area contributed by atoms with Crippen molar-refractivity contribution in [3.05, 3.63) is 70.1 Å². The number of halogens is 1. The molecule has 132 valence electrons. The number of aromatic nitrogens is 1. The first kappa shape index (κ1) is 17.3. The van der Waals surface area contributed by atoms with Crippen LogP contribution in [0.1, 0.15) is 34.5 Å². The largest absolute Gasteiger partial charge is 0.348 e. The first-order valence-corrected chi connectivity index (χ1v) is 10.0. The monoisotopic (exact) mass is 382 g/mol. The fraction of sp³-hybridized carbons (Fsp3) is 0.238. The summed E-state index contributed by atoms with van der Waals surface area (Å²) in [4.78, 5) is 21.0. The maximum absolute atomic E-state index is 13.2. The summed E-state index contributed by atoms with van der Waals surface area (Å²) in [6, 6.07) is 17.0. The number of carbonyl (C=O) groups excluding carboxylic acids is 1. The number of rotatable bonds is 4. The molecule has 0 amide bonds. The molecule has 3 aromatic rings. The molecule has 0 N–H and O–H groups in total. The number of anilines is 1. The lowest BCUT2D eigenvalue weighted by atomic mass is 10.1. The molecule has 3 nitrogen and oxygen atoms in total. The van der Waals surface area contributed by atoms with E-state index in [1.165, 1.54) is 30.6 Å². The zero-order valence-electron chi connectivity index (χ0n) is 14.3. The third kappa shape index (κ3) is 3.53. The van der Waals surface area contributed by atoms with Crippen molar-refractivity contribution in [3.63, 3.8) is 0 Å². The van der Waals surface area contributed by atoms with Crippen LogP contribution in [0.4, 0.5) is 5.13 Å². The van der Waals surface area contributed by atoms with Gasteiger partial charge in [0.15, 0.2) is 5.13 Å². The SMILES string of the molecule is O=C(c1ccc(Cl)cc1)c1sc(N2CCCCC2)nc1-c1ccccc1. The van der Waals surface area contributed by atoms with Crippen molar-refractivity contribution in [1.29, 1.82) is 0 Å². The normalized spacial score (nSPS) is 14.4. The zero-order valence-corrected chi connectivity index (χ0v) is 15.9. The van der Waals surface area contributed by atoms with Crippen molar-refractivity contribution in [1.82, 2.24) is 4.98 Å². The number of hydrogen-bond donors (Lipinski definition) is 0. The minimum Gasteiger partial charge on any atom is -0.348 e. The zero-order chi connectivity index (χ0) is 17.9. The van der Waals surface area contributed by atoms with Gasteiger partial charge >= 0.3 is 0 Å². The van der Waals surface area contributed by atoms with Gasteiger partial charge in [0.05, 0.1) is 5.69 Å². The van der Waals surface area contributed by atoms with Crippen LogP contribution in [0, 0.1) is 0 Å². The Balaban J connectivity index is 1.77. The first-order valence-electron chi connectivity index (χ1n) is 8.84. The van der Waals surface area contributed by atoms with Gasteiger partial charge in [0.2, 0.25) is 5.78 Å². The van der Waals surface area contributed by atoms with Gasteiger partial charge in [0.1, 0.15) is 4.88 Å². The van der Waals surface area contributed by atoms with E-state index in [1.54, 1.807) is 24.3 Å². The highest BCUT2D eigenvalue weighted by Gasteiger charge is 2.24. The second kappa shape index (κ2) is 7.60. The van der Waals surface area contributed by atoms with E-state index in [-0.39, 0.29) is 5.78 Å². The van der Waals surface area contributed by atoms with Crippen LogP contribution < -0.4 is 4.90 Å². The van der Waals surface area contributed by atoms with Gasteiger partial charge in [0.25, 0.3) is 0 Å². The van der Waals surface area contributed by atoms with Gasteiger partial charge in [0, 0.05) is 29.2 Å². The van der Waals surface area contributed by atoms with E-state index in [4.69, 9.17) is 16.6 Å². The molecule has 2 aromatic carbocycles. The summed E-state index contributed by atoms with van der Waals surface area (Å²) in [5.74, 6) is 0.00118. The summed E-state index contributed by atoms with van der Waals surface area (Å²) in [6.45, 7) is 2.02. The molecule has 5 heteroatoms. The van der Waals surface area contributed by atoms with E-state index in [1.807, 2.05) is 30.3 Å². The van der Waals surface area contributed by atoms with Gasteiger partial charge < -0.3 is 4.90 Å². The summed E-state index contributed by atoms with van der Waals surface area (Å²) in [5.41, 5.74) is 2.39. The third-order valence-corrected chi connectivity index (χ3v) is 5.97. The average Bonchev–Trinajstić information content (AvgIpc) is 3.15. The third-order valence-electron chi connectivity index (χ3n) is 4.60. The second-order valence-electron chi connectivity index (χ2n) is 6.42. The standard InChI is InChI=1S/C21H19ClN2OS/c22-17-11-9-16(10-12-17)19(25)20-18(15-7-3-1-4-8-15)23-21(26-20)24-13-5-2-6-14-24/h1,3-4,7-12H,2,5-6,13-14H2. The number of thiazole rings is 1. The quantitative estimate of drug-likeness (QED) is 0.544. The molecular formula is C21H19ClN2OS. The highest BCUT2D eigenvalue weighted by molar-refractivity contribution is 7.18. The molecule has 0 bridgehead atoms. The Morgan fingerprint density at radius 2 is 1.65 bits per heavy atom. The lowest BCUT2D eigenvalue weighted by Gasteiger charge is -2.25. The van der Waals surface area contributed by atoms with E-state index in [9.17, 15) is 4.79 Å². The van der Waals surface area contributed by atoms with Gasteiger partial charge in [-0.25, -0.2) is 4.98 Å². The molecule has 1 aromatic heterocycles. The molecule has 0 spiro atoms. The van der Waals surface area contributed by atoms with Gasteiger partial charge in [-0.05, 0) is 43.5 Å². The molecule has 0 radical (unpaired) electrons. The van der Waals surface area contributed by atoms with Crippen molar-refractivity contribution >= 4 is 33.9 Å². The molecule has 0 aliphatic carbocycles. The van der Waals surface area contributed by atoms with Crippen LogP contribution in [0.5, 0.6) is 0 Å². The Hall–Kier alpha value is -2.17. The summed E-state index contributed by atoms with van der Waals surface area (Å²) in [6.07, 6.45) is 3.63. The molecule has 4 rings (SSSR count). The lowest BCUT2D eigenvalue weighted by molar-refractivity contribution is 0.104. The van der Waals surface area contributed by atoms with Crippen LogP contribution in [0.3, 0.4) is 0 Å². The van der Waals surface area contributed by atoms with E-state index >= 15 is 0 Å². The predicted octanol–water partition coefficient (Wildman–Crippen LogP) is 5.68. The van der Waals surface area contributed by atoms with E-state index in [2.05, 4.69) is 4.90 Å². The van der Waals surface area contributed by atoms with Gasteiger partial charge in [-0.2, -0.15) is 0 Å². The molecule has 1 aliphatic rings. The molecule has 1 saturated heterocycles. The molecular weight excluding hydrogens is 364 g/mol. The minimum absolute atomic E-state index is 0.00118. The predicted molar refractivity (Wildman–Crippen MR) is 108 cm³/mol. The maximum atomic E-state index is 13.2. The van der Waals surface area contributed by atoms with Crippen molar-refractivity contribution in [2.75, 3.05) is 18.0 Å². The van der Waals surface area contributed by atoms with Crippen LogP contribution in [0.2, 0.25) is 5.02 Å². The number of ketones is 1. The summed E-state index contributed by atoms with van der Waals surface area (Å²) in [7, 11) is 0. The van der Waals surface area contributed by atoms with Crippen LogP contribution >= 0.6 is 22.9 Å². The number of piperidine rings is 1. The van der Waals surface area contributed by atoms with Crippen LogP contribution in [0.15, 0.2) is 54.6 Å². The van der Waals surface area contributed by atoms with Crippen LogP contribution in [-0.2, 0) is 0 Å². The van der Waals surface area contributed by atoms with Gasteiger partial charge in [-0.3, -0.25) is 4.79 Å². The molecule has 2 heterocycles. The summed E-state index contributed by atoms with van der Waals surface area (Å²) < 4.78 is 0. The Morgan fingerprint density at radius 3 is 2.35 bits per heavy atom. The summed E-state index contributed by atoms with van der Waals surface area (Å²) in [5, 5.41) is 1.57. The van der Waals surface area contributed by atoms with Gasteiger partial charge in [-0.1, -0.05) is 53.3 Å². The Labute approximate surface area is 162 Å².